The van der Waals surface area contributed by atoms with Crippen LogP contribution in [0.3, 0.4) is 0 Å². The van der Waals surface area contributed by atoms with Crippen molar-refractivity contribution < 1.29 is 9.90 Å². The molecule has 2 heteroatoms. The molecule has 0 spiro atoms. The first-order valence-corrected chi connectivity index (χ1v) is 5.26. The Labute approximate surface area is 104 Å². The summed E-state index contributed by atoms with van der Waals surface area (Å²) >= 11 is 0. The van der Waals surface area contributed by atoms with Gasteiger partial charge in [-0.05, 0) is 12.8 Å². The van der Waals surface area contributed by atoms with Gasteiger partial charge in [-0.1, -0.05) is 55.2 Å². The van der Waals surface area contributed by atoms with Gasteiger partial charge in [-0.15, -0.1) is 13.2 Å². The number of aliphatic carboxylic acids is 1. The van der Waals surface area contributed by atoms with Crippen LogP contribution in [0, 0.1) is 0 Å². The summed E-state index contributed by atoms with van der Waals surface area (Å²) in [5.74, 6) is -0.981. The Morgan fingerprint density at radius 2 is 1.18 bits per heavy atom. The molecule has 0 aromatic carbocycles. The summed E-state index contributed by atoms with van der Waals surface area (Å²) in [7, 11) is 0. The number of allylic oxidation sites excluding steroid dienone is 8. The van der Waals surface area contributed by atoms with E-state index in [0.717, 1.165) is 18.9 Å². The zero-order valence-corrected chi connectivity index (χ0v) is 10.1. The zero-order chi connectivity index (χ0) is 13.4. The molecular formula is C15H20O2. The fourth-order valence-corrected chi connectivity index (χ4v) is 0.786. The fourth-order valence-electron chi connectivity index (χ4n) is 0.786. The van der Waals surface area contributed by atoms with Gasteiger partial charge in [0, 0.05) is 6.08 Å². The molecule has 2 nitrogen and oxygen atoms in total. The van der Waals surface area contributed by atoms with Crippen molar-refractivity contribution in [2.24, 2.45) is 0 Å². The Hall–Kier alpha value is -2.09. The van der Waals surface area contributed by atoms with Crippen LogP contribution in [0.4, 0.5) is 0 Å². The summed E-state index contributed by atoms with van der Waals surface area (Å²) in [4.78, 5) is 9.25. The Bertz CT molecular complexity index is 265. The van der Waals surface area contributed by atoms with Gasteiger partial charge in [-0.25, -0.2) is 4.79 Å². The van der Waals surface area contributed by atoms with Crippen molar-refractivity contribution in [1.82, 2.24) is 0 Å². The van der Waals surface area contributed by atoms with Crippen LogP contribution in [0.5, 0.6) is 0 Å². The van der Waals surface area contributed by atoms with Crippen molar-refractivity contribution in [2.45, 2.75) is 12.8 Å². The van der Waals surface area contributed by atoms with Crippen LogP contribution in [0.15, 0.2) is 74.4 Å². The quantitative estimate of drug-likeness (QED) is 0.546. The molecule has 0 radical (unpaired) electrons. The lowest BCUT2D eigenvalue weighted by Gasteiger charge is -1.64. The molecular weight excluding hydrogens is 212 g/mol. The van der Waals surface area contributed by atoms with Gasteiger partial charge in [0.1, 0.15) is 0 Å². The number of hydrogen-bond donors (Lipinski definition) is 1. The number of carboxylic acids is 1. The van der Waals surface area contributed by atoms with E-state index >= 15 is 0 Å². The van der Waals surface area contributed by atoms with E-state index in [1.807, 2.05) is 0 Å². The molecule has 0 unspecified atom stereocenters. The summed E-state index contributed by atoms with van der Waals surface area (Å²) in [6.45, 7) is 8.96. The third kappa shape index (κ3) is 20.1. The molecule has 2 aliphatic rings. The minimum Gasteiger partial charge on any atom is -0.478 e. The Balaban J connectivity index is 0. The van der Waals surface area contributed by atoms with Crippen LogP contribution >= 0.6 is 0 Å². The molecule has 0 aliphatic heterocycles. The van der Waals surface area contributed by atoms with Gasteiger partial charge in [-0.2, -0.15) is 0 Å². The van der Waals surface area contributed by atoms with E-state index in [1.54, 1.807) is 0 Å². The number of hydrogen-bond acceptors (Lipinski definition) is 1. The second-order valence-electron chi connectivity index (χ2n) is 2.73. The van der Waals surface area contributed by atoms with Crippen molar-refractivity contribution in [3.63, 3.8) is 0 Å². The van der Waals surface area contributed by atoms with Crippen LogP contribution in [0.2, 0.25) is 0 Å². The summed E-state index contributed by atoms with van der Waals surface area (Å²) in [5, 5.41) is 7.60. The maximum absolute atomic E-state index is 9.25. The Kier molecular flexibility index (Phi) is 16.6. The molecule has 0 fully saturated rings. The minimum atomic E-state index is -0.981. The normalized spacial score (nSPS) is 12.5. The largest absolute Gasteiger partial charge is 0.478 e. The van der Waals surface area contributed by atoms with Gasteiger partial charge in [0.25, 0.3) is 0 Å². The van der Waals surface area contributed by atoms with Gasteiger partial charge in [0.2, 0.25) is 0 Å². The minimum absolute atomic E-state index is 0.833. The number of carboxylic acid groups (broad SMARTS) is 1. The molecule has 0 aromatic heterocycles. The first-order chi connectivity index (χ1) is 8.27. The highest BCUT2D eigenvalue weighted by Crippen LogP contribution is 1.93. The van der Waals surface area contributed by atoms with Crippen molar-refractivity contribution in [3.05, 3.63) is 74.4 Å². The van der Waals surface area contributed by atoms with E-state index in [2.05, 4.69) is 68.3 Å². The molecule has 17 heavy (non-hydrogen) atoms. The predicted octanol–water partition coefficient (Wildman–Crippen LogP) is 4.06. The second-order valence-corrected chi connectivity index (χ2v) is 2.73. The molecule has 2 rings (SSSR count). The molecule has 2 aliphatic carbocycles. The standard InChI is InChI=1S/2C5H6.C3H4O2.C2H4/c2*1-2-4-5-3-1;1-2-3(4)5;1-2/h2*1-4H,5H2;2H,1H2,(H,4,5);1-2H2. The maximum Gasteiger partial charge on any atom is 0.327 e. The molecule has 0 atom stereocenters. The third-order valence-electron chi connectivity index (χ3n) is 1.49. The lowest BCUT2D eigenvalue weighted by Crippen LogP contribution is -1.82. The summed E-state index contributed by atoms with van der Waals surface area (Å²) in [5.41, 5.74) is 0. The molecule has 0 heterocycles. The van der Waals surface area contributed by atoms with Crippen molar-refractivity contribution in [1.29, 1.82) is 0 Å². The number of carbonyl (C=O) groups is 1. The monoisotopic (exact) mass is 232 g/mol. The first-order valence-electron chi connectivity index (χ1n) is 5.26. The smallest absolute Gasteiger partial charge is 0.327 e. The number of rotatable bonds is 1. The topological polar surface area (TPSA) is 37.3 Å². The predicted molar refractivity (Wildman–Crippen MR) is 74.9 cm³/mol. The van der Waals surface area contributed by atoms with Gasteiger partial charge in [-0.3, -0.25) is 0 Å². The third-order valence-corrected chi connectivity index (χ3v) is 1.49. The fraction of sp³-hybridized carbons (Fsp3) is 0.133. The van der Waals surface area contributed by atoms with E-state index in [4.69, 9.17) is 5.11 Å². The van der Waals surface area contributed by atoms with E-state index < -0.39 is 5.97 Å². The molecule has 0 bridgehead atoms. The zero-order valence-electron chi connectivity index (χ0n) is 10.1. The van der Waals surface area contributed by atoms with Crippen LogP contribution in [0.25, 0.3) is 0 Å². The lowest BCUT2D eigenvalue weighted by molar-refractivity contribution is -0.131. The van der Waals surface area contributed by atoms with Gasteiger partial charge < -0.3 is 5.11 Å². The van der Waals surface area contributed by atoms with E-state index in [0.29, 0.717) is 0 Å². The van der Waals surface area contributed by atoms with E-state index in [9.17, 15) is 4.79 Å². The maximum atomic E-state index is 9.25. The van der Waals surface area contributed by atoms with Gasteiger partial charge >= 0.3 is 5.97 Å². The molecule has 0 saturated carbocycles. The molecule has 0 saturated heterocycles. The highest BCUT2D eigenvalue weighted by Gasteiger charge is 1.73. The Morgan fingerprint density at radius 1 is 0.941 bits per heavy atom. The summed E-state index contributed by atoms with van der Waals surface area (Å²) in [6, 6.07) is 0. The Morgan fingerprint density at radius 3 is 1.24 bits per heavy atom. The lowest BCUT2D eigenvalue weighted by atomic mass is 10.5. The average Bonchev–Trinajstić information content (AvgIpc) is 3.09. The van der Waals surface area contributed by atoms with Crippen molar-refractivity contribution in [3.8, 4) is 0 Å². The first kappa shape index (κ1) is 17.3. The highest BCUT2D eigenvalue weighted by molar-refractivity contribution is 5.78. The van der Waals surface area contributed by atoms with Crippen LogP contribution < -0.4 is 0 Å². The van der Waals surface area contributed by atoms with Crippen molar-refractivity contribution in [2.75, 3.05) is 0 Å². The summed E-state index contributed by atoms with van der Waals surface area (Å²) < 4.78 is 0. The highest BCUT2D eigenvalue weighted by atomic mass is 16.4. The van der Waals surface area contributed by atoms with E-state index in [-0.39, 0.29) is 0 Å². The van der Waals surface area contributed by atoms with Crippen LogP contribution in [0.1, 0.15) is 12.8 Å². The average molecular weight is 232 g/mol. The summed E-state index contributed by atoms with van der Waals surface area (Å²) in [6.07, 6.45) is 19.8. The van der Waals surface area contributed by atoms with Gasteiger partial charge in [0.05, 0.1) is 0 Å². The van der Waals surface area contributed by atoms with Crippen molar-refractivity contribution >= 4 is 5.97 Å². The molecule has 0 aromatic rings. The van der Waals surface area contributed by atoms with E-state index in [1.165, 1.54) is 0 Å². The molecule has 92 valence electrons. The molecule has 0 amide bonds. The van der Waals surface area contributed by atoms with Crippen LogP contribution in [-0.2, 0) is 4.79 Å². The SMILES string of the molecule is C1=CCC=C1.C1=CCC=C1.C=C.C=CC(=O)O. The second kappa shape index (κ2) is 16.3. The molecule has 1 N–H and O–H groups in total. The van der Waals surface area contributed by atoms with Crippen LogP contribution in [-0.4, -0.2) is 11.1 Å². The van der Waals surface area contributed by atoms with Gasteiger partial charge in [0.15, 0.2) is 0 Å².